The zero-order valence-electron chi connectivity index (χ0n) is 11.2. The smallest absolute Gasteiger partial charge is 0.357 e. The largest absolute Gasteiger partial charge is 0.502 e. The molecule has 0 spiro atoms. The molecule has 0 saturated carbocycles. The van der Waals surface area contributed by atoms with Crippen LogP contribution in [0.15, 0.2) is 27.8 Å². The van der Waals surface area contributed by atoms with Crippen molar-refractivity contribution in [3.8, 4) is 5.75 Å². The van der Waals surface area contributed by atoms with E-state index in [9.17, 15) is 34.9 Å². The van der Waals surface area contributed by atoms with Crippen molar-refractivity contribution in [2.75, 3.05) is 0 Å². The molecule has 2 rings (SSSR count). The first-order valence-electron chi connectivity index (χ1n) is 5.96. The number of nitrogens with one attached hydrogen (secondary N) is 2. The number of benzene rings is 1. The fraction of sp³-hybridized carbons (Fsp3) is 0. The minimum atomic E-state index is -1.19. The number of hydrogen-bond donors (Lipinski definition) is 3. The molecule has 2 aromatic rings. The van der Waals surface area contributed by atoms with E-state index < -0.39 is 43.9 Å². The molecule has 23 heavy (non-hydrogen) atoms. The number of hydrogen-bond acceptors (Lipinski definition) is 7. The van der Waals surface area contributed by atoms with E-state index in [-0.39, 0.29) is 5.56 Å². The van der Waals surface area contributed by atoms with Crippen molar-refractivity contribution in [2.24, 2.45) is 0 Å². The second-order valence-electron chi connectivity index (χ2n) is 4.23. The Morgan fingerprint density at radius 1 is 1.04 bits per heavy atom. The van der Waals surface area contributed by atoms with E-state index in [0.29, 0.717) is 0 Å². The number of aromatic hydroxyl groups is 1. The van der Waals surface area contributed by atoms with Gasteiger partial charge in [0.1, 0.15) is 5.69 Å². The van der Waals surface area contributed by atoms with Gasteiger partial charge in [0, 0.05) is 11.6 Å². The Labute approximate surface area is 125 Å². The maximum absolute atomic E-state index is 11.4. The molecule has 3 N–H and O–H groups in total. The van der Waals surface area contributed by atoms with Crippen LogP contribution in [0.3, 0.4) is 0 Å². The van der Waals surface area contributed by atoms with Crippen LogP contribution in [0.1, 0.15) is 11.3 Å². The third-order valence-corrected chi connectivity index (χ3v) is 2.80. The average Bonchev–Trinajstić information content (AvgIpc) is 2.44. The lowest BCUT2D eigenvalue weighted by atomic mass is 10.1. The quantitative estimate of drug-likeness (QED) is 0.550. The summed E-state index contributed by atoms with van der Waals surface area (Å²) < 4.78 is 0. The van der Waals surface area contributed by atoms with Crippen LogP contribution in [-0.2, 0) is 0 Å². The highest BCUT2D eigenvalue weighted by molar-refractivity contribution is 5.76. The first-order valence-corrected chi connectivity index (χ1v) is 5.96. The third-order valence-electron chi connectivity index (χ3n) is 2.80. The van der Waals surface area contributed by atoms with Crippen LogP contribution in [0.2, 0.25) is 0 Å². The standard InChI is InChI=1S/C12H8N4O7/c17-10-6(2-1-3-8(10)15(20)21)4-5-7-9(16(22)23)11(18)14-12(19)13-7/h1-5,17H,(H2,13,14,18,19). The fourth-order valence-electron chi connectivity index (χ4n) is 1.80. The number of H-pyrrole nitrogens is 2. The lowest BCUT2D eigenvalue weighted by molar-refractivity contribution is -0.386. The van der Waals surface area contributed by atoms with E-state index in [1.807, 2.05) is 0 Å². The molecule has 1 heterocycles. The van der Waals surface area contributed by atoms with Gasteiger partial charge in [0.05, 0.1) is 9.85 Å². The number of aromatic amines is 2. The van der Waals surface area contributed by atoms with Gasteiger partial charge in [-0.1, -0.05) is 12.1 Å². The van der Waals surface area contributed by atoms with Crippen molar-refractivity contribution >= 4 is 23.5 Å². The maximum atomic E-state index is 11.4. The summed E-state index contributed by atoms with van der Waals surface area (Å²) in [5.74, 6) is -0.649. The third kappa shape index (κ3) is 3.12. The summed E-state index contributed by atoms with van der Waals surface area (Å²) in [4.78, 5) is 46.2. The molecule has 0 radical (unpaired) electrons. The molecule has 0 aliphatic heterocycles. The number of rotatable bonds is 4. The van der Waals surface area contributed by atoms with E-state index in [1.165, 1.54) is 12.1 Å². The Morgan fingerprint density at radius 3 is 2.35 bits per heavy atom. The van der Waals surface area contributed by atoms with Crippen LogP contribution in [-0.4, -0.2) is 24.9 Å². The van der Waals surface area contributed by atoms with Crippen LogP contribution in [0, 0.1) is 20.2 Å². The molecule has 11 nitrogen and oxygen atoms in total. The van der Waals surface area contributed by atoms with Crippen LogP contribution in [0.4, 0.5) is 11.4 Å². The van der Waals surface area contributed by atoms with Crippen molar-refractivity contribution in [1.29, 1.82) is 0 Å². The Balaban J connectivity index is 2.56. The molecule has 0 aliphatic carbocycles. The minimum Gasteiger partial charge on any atom is -0.502 e. The highest BCUT2D eigenvalue weighted by Gasteiger charge is 2.19. The van der Waals surface area contributed by atoms with E-state index in [1.54, 1.807) is 4.98 Å². The van der Waals surface area contributed by atoms with E-state index in [4.69, 9.17) is 0 Å². The van der Waals surface area contributed by atoms with Crippen molar-refractivity contribution in [2.45, 2.75) is 0 Å². The predicted octanol–water partition coefficient (Wildman–Crippen LogP) is 0.756. The molecule has 0 atom stereocenters. The summed E-state index contributed by atoms with van der Waals surface area (Å²) in [7, 11) is 0. The summed E-state index contributed by atoms with van der Waals surface area (Å²) in [6.07, 6.45) is 2.09. The number of nitro groups is 2. The molecule has 1 aromatic heterocycles. The zero-order chi connectivity index (χ0) is 17.1. The van der Waals surface area contributed by atoms with Gasteiger partial charge >= 0.3 is 22.6 Å². The van der Waals surface area contributed by atoms with Crippen LogP contribution >= 0.6 is 0 Å². The number of nitro benzene ring substituents is 1. The molecule has 0 aliphatic rings. The normalized spacial score (nSPS) is 10.8. The number of phenols is 1. The second kappa shape index (κ2) is 5.93. The molecule has 0 saturated heterocycles. The predicted molar refractivity (Wildman–Crippen MR) is 78.0 cm³/mol. The summed E-state index contributed by atoms with van der Waals surface area (Å²) in [5, 5.41) is 31.3. The zero-order valence-corrected chi connectivity index (χ0v) is 11.2. The van der Waals surface area contributed by atoms with Gasteiger partial charge in [-0.3, -0.25) is 30.0 Å². The molecule has 0 amide bonds. The first-order chi connectivity index (χ1) is 10.8. The van der Waals surface area contributed by atoms with Gasteiger partial charge in [-0.05, 0) is 12.2 Å². The van der Waals surface area contributed by atoms with Gasteiger partial charge in [-0.2, -0.15) is 0 Å². The molecular formula is C12H8N4O7. The summed E-state index contributed by atoms with van der Waals surface area (Å²) >= 11 is 0. The molecule has 0 bridgehead atoms. The molecule has 0 fully saturated rings. The van der Waals surface area contributed by atoms with Gasteiger partial charge in [0.2, 0.25) is 5.75 Å². The van der Waals surface area contributed by atoms with Crippen LogP contribution < -0.4 is 11.2 Å². The van der Waals surface area contributed by atoms with Crippen molar-refractivity contribution in [3.63, 3.8) is 0 Å². The van der Waals surface area contributed by atoms with E-state index >= 15 is 0 Å². The number of para-hydroxylation sites is 1. The lowest BCUT2D eigenvalue weighted by Gasteiger charge is -2.00. The van der Waals surface area contributed by atoms with Gasteiger partial charge in [-0.15, -0.1) is 0 Å². The van der Waals surface area contributed by atoms with Crippen LogP contribution in [0.5, 0.6) is 5.75 Å². The number of nitrogens with zero attached hydrogens (tertiary/aromatic N) is 2. The highest BCUT2D eigenvalue weighted by atomic mass is 16.6. The fourth-order valence-corrected chi connectivity index (χ4v) is 1.80. The Hall–Kier alpha value is -3.76. The molecule has 1 aromatic carbocycles. The lowest BCUT2D eigenvalue weighted by Crippen LogP contribution is -2.25. The van der Waals surface area contributed by atoms with Crippen LogP contribution in [0.25, 0.3) is 12.2 Å². The minimum absolute atomic E-state index is 0.0189. The Morgan fingerprint density at radius 2 is 1.74 bits per heavy atom. The summed E-state index contributed by atoms with van der Waals surface area (Å²) in [6, 6.07) is 3.69. The summed E-state index contributed by atoms with van der Waals surface area (Å²) in [5.41, 5.74) is -4.03. The van der Waals surface area contributed by atoms with Gasteiger partial charge < -0.3 is 10.1 Å². The highest BCUT2D eigenvalue weighted by Crippen LogP contribution is 2.30. The molecular weight excluding hydrogens is 312 g/mol. The first kappa shape index (κ1) is 15.6. The number of aromatic nitrogens is 2. The van der Waals surface area contributed by atoms with Crippen molar-refractivity contribution < 1.29 is 15.0 Å². The molecule has 11 heteroatoms. The second-order valence-corrected chi connectivity index (χ2v) is 4.23. The number of phenolic OH excluding ortho intramolecular Hbond substituents is 1. The van der Waals surface area contributed by atoms with Crippen molar-refractivity contribution in [1.82, 2.24) is 9.97 Å². The maximum Gasteiger partial charge on any atom is 0.357 e. The Bertz CT molecular complexity index is 941. The summed E-state index contributed by atoms with van der Waals surface area (Å²) in [6.45, 7) is 0. The van der Waals surface area contributed by atoms with Gasteiger partial charge in [-0.25, -0.2) is 4.79 Å². The van der Waals surface area contributed by atoms with E-state index in [0.717, 1.165) is 18.2 Å². The molecule has 118 valence electrons. The Kier molecular flexibility index (Phi) is 4.03. The topological polar surface area (TPSA) is 172 Å². The van der Waals surface area contributed by atoms with Gasteiger partial charge in [0.15, 0.2) is 0 Å². The van der Waals surface area contributed by atoms with E-state index in [2.05, 4.69) is 4.98 Å². The monoisotopic (exact) mass is 320 g/mol. The SMILES string of the molecule is O=c1[nH]c(C=Cc2cccc([N+](=O)[O-])c2O)c([N+](=O)[O-])c(=O)[nH]1. The molecule has 0 unspecified atom stereocenters. The van der Waals surface area contributed by atoms with Gasteiger partial charge in [0.25, 0.3) is 0 Å². The van der Waals surface area contributed by atoms with Crippen molar-refractivity contribution in [3.05, 3.63) is 70.5 Å². The average molecular weight is 320 g/mol.